The van der Waals surface area contributed by atoms with Gasteiger partial charge in [-0.2, -0.15) is 5.10 Å². The molecule has 5 rings (SSSR count). The van der Waals surface area contributed by atoms with Gasteiger partial charge in [0.1, 0.15) is 34.8 Å². The first kappa shape index (κ1) is 23.4. The minimum Gasteiger partial charge on any atom is -0.370 e. The molecule has 182 valence electrons. The lowest BCUT2D eigenvalue weighted by atomic mass is 10.1. The third-order valence-corrected chi connectivity index (χ3v) is 6.51. The number of nitrogens with zero attached hydrogens (tertiary/aromatic N) is 6. The van der Waals surface area contributed by atoms with Gasteiger partial charge >= 0.3 is 0 Å². The van der Waals surface area contributed by atoms with Crippen molar-refractivity contribution in [2.24, 2.45) is 14.1 Å². The van der Waals surface area contributed by atoms with E-state index in [0.717, 1.165) is 5.56 Å². The van der Waals surface area contributed by atoms with Crippen LogP contribution in [0.15, 0.2) is 41.5 Å². The Morgan fingerprint density at radius 2 is 2.00 bits per heavy atom. The standard InChI is InChI=1S/C25H26ClFN6O2/c1-14(2)24-30-23-18(25(34)32(24)4)10-21(29-22(23)17-6-5-16(26)9-19(17)27)33-7-8-35-20(13-33)15-11-28-31(3)12-15/h5-6,9-12,14,20H,7-8,13H2,1-4H3/t20-/m1/s1. The van der Waals surface area contributed by atoms with Gasteiger partial charge < -0.3 is 9.64 Å². The summed E-state index contributed by atoms with van der Waals surface area (Å²) in [6, 6.07) is 6.18. The van der Waals surface area contributed by atoms with Crippen molar-refractivity contribution in [1.29, 1.82) is 0 Å². The number of rotatable bonds is 4. The Morgan fingerprint density at radius 3 is 2.69 bits per heavy atom. The highest BCUT2D eigenvalue weighted by Gasteiger charge is 2.26. The number of benzene rings is 1. The Hall–Kier alpha value is -3.30. The third kappa shape index (κ3) is 4.30. The van der Waals surface area contributed by atoms with Crippen molar-refractivity contribution in [2.75, 3.05) is 24.6 Å². The molecule has 1 saturated heterocycles. The van der Waals surface area contributed by atoms with Gasteiger partial charge in [0.15, 0.2) is 0 Å². The molecule has 10 heteroatoms. The van der Waals surface area contributed by atoms with Crippen LogP contribution in [0.3, 0.4) is 0 Å². The molecule has 3 aromatic heterocycles. The maximum atomic E-state index is 15.1. The van der Waals surface area contributed by atoms with Gasteiger partial charge in [0.25, 0.3) is 5.56 Å². The molecule has 0 amide bonds. The van der Waals surface area contributed by atoms with E-state index in [1.54, 1.807) is 40.7 Å². The van der Waals surface area contributed by atoms with Crippen LogP contribution in [0, 0.1) is 5.82 Å². The summed E-state index contributed by atoms with van der Waals surface area (Å²) in [4.78, 5) is 25.1. The number of hydrogen-bond donors (Lipinski definition) is 0. The Balaban J connectivity index is 1.70. The number of fused-ring (bicyclic) bond motifs is 1. The van der Waals surface area contributed by atoms with Crippen molar-refractivity contribution in [3.05, 3.63) is 69.2 Å². The number of aromatic nitrogens is 5. The van der Waals surface area contributed by atoms with Crippen molar-refractivity contribution >= 4 is 28.3 Å². The zero-order chi connectivity index (χ0) is 24.9. The fourth-order valence-electron chi connectivity index (χ4n) is 4.49. The Bertz CT molecular complexity index is 1480. The van der Waals surface area contributed by atoms with Gasteiger partial charge in [0.2, 0.25) is 0 Å². The van der Waals surface area contributed by atoms with E-state index in [1.165, 1.54) is 6.07 Å². The molecule has 1 aromatic carbocycles. The van der Waals surface area contributed by atoms with E-state index in [1.807, 2.05) is 32.0 Å². The van der Waals surface area contributed by atoms with E-state index in [-0.39, 0.29) is 28.2 Å². The predicted octanol–water partition coefficient (Wildman–Crippen LogP) is 4.22. The molecule has 0 saturated carbocycles. The summed E-state index contributed by atoms with van der Waals surface area (Å²) in [5.74, 6) is 0.650. The quantitative estimate of drug-likeness (QED) is 0.421. The van der Waals surface area contributed by atoms with Crippen molar-refractivity contribution < 1.29 is 9.13 Å². The summed E-state index contributed by atoms with van der Waals surface area (Å²) in [6.45, 7) is 5.50. The van der Waals surface area contributed by atoms with Crippen LogP contribution in [0.2, 0.25) is 5.02 Å². The Morgan fingerprint density at radius 1 is 1.20 bits per heavy atom. The molecule has 1 fully saturated rings. The fraction of sp³-hybridized carbons (Fsp3) is 0.360. The number of pyridine rings is 1. The van der Waals surface area contributed by atoms with Gasteiger partial charge in [-0.3, -0.25) is 14.0 Å². The van der Waals surface area contributed by atoms with Gasteiger partial charge in [0, 0.05) is 55.4 Å². The lowest BCUT2D eigenvalue weighted by Crippen LogP contribution is -2.39. The lowest BCUT2D eigenvalue weighted by Gasteiger charge is -2.33. The lowest BCUT2D eigenvalue weighted by molar-refractivity contribution is 0.0395. The van der Waals surface area contributed by atoms with E-state index in [9.17, 15) is 4.79 Å². The zero-order valence-corrected chi connectivity index (χ0v) is 20.8. The van der Waals surface area contributed by atoms with Crippen LogP contribution >= 0.6 is 11.6 Å². The molecule has 8 nitrogen and oxygen atoms in total. The molecule has 1 aliphatic rings. The first-order chi connectivity index (χ1) is 16.7. The van der Waals surface area contributed by atoms with Gasteiger partial charge in [-0.25, -0.2) is 14.4 Å². The highest BCUT2D eigenvalue weighted by Crippen LogP contribution is 2.33. The summed E-state index contributed by atoms with van der Waals surface area (Å²) in [7, 11) is 3.57. The topological polar surface area (TPSA) is 78.1 Å². The summed E-state index contributed by atoms with van der Waals surface area (Å²) in [5.41, 5.74) is 1.69. The second-order valence-electron chi connectivity index (χ2n) is 9.09. The highest BCUT2D eigenvalue weighted by molar-refractivity contribution is 6.30. The van der Waals surface area contributed by atoms with Crippen molar-refractivity contribution in [2.45, 2.75) is 25.9 Å². The van der Waals surface area contributed by atoms with E-state index in [2.05, 4.69) is 5.10 Å². The molecule has 0 unspecified atom stereocenters. The summed E-state index contributed by atoms with van der Waals surface area (Å²) in [5, 5.41) is 4.91. The molecular formula is C25H26ClFN6O2. The van der Waals surface area contributed by atoms with Crippen molar-refractivity contribution in [3.8, 4) is 11.3 Å². The fourth-order valence-corrected chi connectivity index (χ4v) is 4.65. The molecule has 0 spiro atoms. The molecule has 4 aromatic rings. The largest absolute Gasteiger partial charge is 0.370 e. The van der Waals surface area contributed by atoms with Gasteiger partial charge in [0.05, 0.1) is 18.2 Å². The number of hydrogen-bond acceptors (Lipinski definition) is 6. The molecule has 1 atom stereocenters. The van der Waals surface area contributed by atoms with Crippen LogP contribution in [0.1, 0.15) is 37.3 Å². The van der Waals surface area contributed by atoms with Crippen LogP contribution in [0.25, 0.3) is 22.2 Å². The number of aryl methyl sites for hydroxylation is 1. The maximum Gasteiger partial charge on any atom is 0.261 e. The van der Waals surface area contributed by atoms with Crippen LogP contribution in [-0.2, 0) is 18.8 Å². The molecule has 35 heavy (non-hydrogen) atoms. The van der Waals surface area contributed by atoms with E-state index < -0.39 is 5.82 Å². The SMILES string of the molecule is CC(C)c1nc2c(-c3ccc(Cl)cc3F)nc(N3CCO[C@@H](c4cnn(C)c4)C3)cc2c(=O)n1C. The molecule has 0 aliphatic carbocycles. The van der Waals surface area contributed by atoms with Gasteiger partial charge in [-0.1, -0.05) is 25.4 Å². The monoisotopic (exact) mass is 496 g/mol. The average Bonchev–Trinajstić information content (AvgIpc) is 3.27. The van der Waals surface area contributed by atoms with E-state index in [0.29, 0.717) is 47.9 Å². The number of ether oxygens (including phenoxy) is 1. The molecule has 0 radical (unpaired) electrons. The zero-order valence-electron chi connectivity index (χ0n) is 20.0. The van der Waals surface area contributed by atoms with E-state index in [4.69, 9.17) is 26.3 Å². The number of morpholine rings is 1. The molecule has 0 N–H and O–H groups in total. The Kier molecular flexibility index (Phi) is 6.06. The smallest absolute Gasteiger partial charge is 0.261 e. The minimum atomic E-state index is -0.521. The molecule has 4 heterocycles. The normalized spacial score (nSPS) is 16.4. The van der Waals surface area contributed by atoms with Crippen LogP contribution in [0.4, 0.5) is 10.2 Å². The van der Waals surface area contributed by atoms with Gasteiger partial charge in [-0.15, -0.1) is 0 Å². The van der Waals surface area contributed by atoms with E-state index >= 15 is 4.39 Å². The highest BCUT2D eigenvalue weighted by atomic mass is 35.5. The second kappa shape index (κ2) is 9.05. The predicted molar refractivity (Wildman–Crippen MR) is 133 cm³/mol. The third-order valence-electron chi connectivity index (χ3n) is 6.27. The van der Waals surface area contributed by atoms with Crippen molar-refractivity contribution in [1.82, 2.24) is 24.3 Å². The molecule has 1 aliphatic heterocycles. The minimum absolute atomic E-state index is 0.000764. The number of anilines is 1. The average molecular weight is 497 g/mol. The first-order valence-electron chi connectivity index (χ1n) is 11.4. The maximum absolute atomic E-state index is 15.1. The molecule has 0 bridgehead atoms. The van der Waals surface area contributed by atoms with Gasteiger partial charge in [-0.05, 0) is 24.3 Å². The summed E-state index contributed by atoms with van der Waals surface area (Å²) in [6.07, 6.45) is 3.50. The number of halogens is 2. The van der Waals surface area contributed by atoms with Crippen LogP contribution < -0.4 is 10.5 Å². The first-order valence-corrected chi connectivity index (χ1v) is 11.8. The van der Waals surface area contributed by atoms with Crippen LogP contribution in [-0.4, -0.2) is 44.0 Å². The second-order valence-corrected chi connectivity index (χ2v) is 9.53. The van der Waals surface area contributed by atoms with Crippen molar-refractivity contribution in [3.63, 3.8) is 0 Å². The van der Waals surface area contributed by atoms with Crippen LogP contribution in [0.5, 0.6) is 0 Å². The Labute approximate surface area is 206 Å². The summed E-state index contributed by atoms with van der Waals surface area (Å²) < 4.78 is 24.3. The molecular weight excluding hydrogens is 471 g/mol. The summed E-state index contributed by atoms with van der Waals surface area (Å²) >= 11 is 6.01.